The minimum atomic E-state index is -4.09. The Morgan fingerprint density at radius 3 is 2.46 bits per heavy atom. The summed E-state index contributed by atoms with van der Waals surface area (Å²) in [5, 5.41) is 4.20. The fraction of sp³-hybridized carbons (Fsp3) is 0.200. The third-order valence-corrected chi connectivity index (χ3v) is 5.43. The largest absolute Gasteiger partial charge is 0.495 e. The van der Waals surface area contributed by atoms with Gasteiger partial charge in [-0.25, -0.2) is 13.1 Å². The van der Waals surface area contributed by atoms with Gasteiger partial charge in [0.15, 0.2) is 0 Å². The Labute approximate surface area is 143 Å². The number of amides is 2. The number of rotatable bonds is 5. The summed E-state index contributed by atoms with van der Waals surface area (Å²) in [5.74, 6) is -0.759. The zero-order chi connectivity index (χ0) is 17.9. The van der Waals surface area contributed by atoms with E-state index in [4.69, 9.17) is 4.74 Å². The lowest BCUT2D eigenvalue weighted by molar-refractivity contribution is -0.114. The van der Waals surface area contributed by atoms with E-state index in [9.17, 15) is 18.0 Å². The number of sulfonamides is 1. The van der Waals surface area contributed by atoms with Gasteiger partial charge in [-0.15, -0.1) is 11.3 Å². The maximum Gasteiger partial charge on any atom is 0.275 e. The van der Waals surface area contributed by atoms with Gasteiger partial charge in [-0.05, 0) is 42.1 Å². The van der Waals surface area contributed by atoms with Crippen molar-refractivity contribution in [1.29, 1.82) is 0 Å². The van der Waals surface area contributed by atoms with E-state index in [1.54, 1.807) is 18.4 Å². The molecule has 2 rings (SSSR count). The highest BCUT2D eigenvalue weighted by molar-refractivity contribution is 7.90. The van der Waals surface area contributed by atoms with E-state index in [0.29, 0.717) is 16.2 Å². The van der Waals surface area contributed by atoms with E-state index < -0.39 is 15.9 Å². The number of benzene rings is 1. The molecule has 128 valence electrons. The first kappa shape index (κ1) is 18.0. The van der Waals surface area contributed by atoms with Gasteiger partial charge in [0.2, 0.25) is 5.91 Å². The first-order chi connectivity index (χ1) is 11.2. The van der Waals surface area contributed by atoms with Crippen LogP contribution in [0.3, 0.4) is 0 Å². The van der Waals surface area contributed by atoms with Crippen molar-refractivity contribution in [3.8, 4) is 5.75 Å². The fourth-order valence-electron chi connectivity index (χ4n) is 1.97. The molecule has 1 aromatic carbocycles. The van der Waals surface area contributed by atoms with Crippen molar-refractivity contribution < 1.29 is 22.7 Å². The lowest BCUT2D eigenvalue weighted by Crippen LogP contribution is -2.30. The van der Waals surface area contributed by atoms with Gasteiger partial charge in [-0.2, -0.15) is 0 Å². The van der Waals surface area contributed by atoms with Gasteiger partial charge in [0.25, 0.3) is 15.9 Å². The number of carbonyl (C=O) groups excluding carboxylic acids is 2. The molecule has 9 heteroatoms. The number of ether oxygens (including phenoxy) is 1. The number of hydrogen-bond acceptors (Lipinski definition) is 6. The normalized spacial score (nSPS) is 11.0. The zero-order valence-corrected chi connectivity index (χ0v) is 14.9. The summed E-state index contributed by atoms with van der Waals surface area (Å²) in [6.45, 7) is 3.02. The highest BCUT2D eigenvalue weighted by atomic mass is 32.2. The molecule has 2 aromatic rings. The molecule has 0 unspecified atom stereocenters. The Bertz CT molecular complexity index is 887. The van der Waals surface area contributed by atoms with E-state index in [1.807, 2.05) is 4.72 Å². The molecule has 1 aromatic heterocycles. The maximum absolute atomic E-state index is 12.4. The minimum Gasteiger partial charge on any atom is -0.495 e. The second-order valence-corrected chi connectivity index (χ2v) is 7.51. The summed E-state index contributed by atoms with van der Waals surface area (Å²) in [5.41, 5.74) is 0.897. The monoisotopic (exact) mass is 368 g/mol. The lowest BCUT2D eigenvalue weighted by atomic mass is 10.3. The number of methoxy groups -OCH3 is 1. The SMILES string of the molecule is COc1ccc(S(=O)(=O)NC(=O)c2sccc2C)cc1NC(C)=O. The molecule has 0 aliphatic heterocycles. The van der Waals surface area contributed by atoms with Crippen LogP contribution in [0.2, 0.25) is 0 Å². The average molecular weight is 368 g/mol. The van der Waals surface area contributed by atoms with Crippen LogP contribution in [0.25, 0.3) is 0 Å². The minimum absolute atomic E-state index is 0.158. The quantitative estimate of drug-likeness (QED) is 0.842. The van der Waals surface area contributed by atoms with E-state index >= 15 is 0 Å². The van der Waals surface area contributed by atoms with Gasteiger partial charge in [0.1, 0.15) is 5.75 Å². The van der Waals surface area contributed by atoms with Crippen LogP contribution < -0.4 is 14.8 Å². The van der Waals surface area contributed by atoms with Crippen LogP contribution in [0.4, 0.5) is 5.69 Å². The van der Waals surface area contributed by atoms with Crippen LogP contribution in [-0.2, 0) is 14.8 Å². The molecule has 24 heavy (non-hydrogen) atoms. The summed E-state index contributed by atoms with van der Waals surface area (Å²) < 4.78 is 31.9. The number of aryl methyl sites for hydroxylation is 1. The van der Waals surface area contributed by atoms with E-state index in [0.717, 1.165) is 11.3 Å². The third kappa shape index (κ3) is 3.92. The van der Waals surface area contributed by atoms with Crippen LogP contribution in [0.15, 0.2) is 34.5 Å². The lowest BCUT2D eigenvalue weighted by Gasteiger charge is -2.12. The van der Waals surface area contributed by atoms with Crippen molar-refractivity contribution in [2.24, 2.45) is 0 Å². The molecule has 1 heterocycles. The molecule has 0 fully saturated rings. The highest BCUT2D eigenvalue weighted by Gasteiger charge is 2.22. The molecule has 0 bridgehead atoms. The molecule has 0 aliphatic rings. The summed E-state index contributed by atoms with van der Waals surface area (Å²) in [7, 11) is -2.69. The van der Waals surface area contributed by atoms with E-state index in [1.165, 1.54) is 32.2 Å². The molecule has 0 aliphatic carbocycles. The number of hydrogen-bond donors (Lipinski definition) is 2. The van der Waals surface area contributed by atoms with Crippen LogP contribution in [0, 0.1) is 6.92 Å². The Morgan fingerprint density at radius 1 is 1.21 bits per heavy atom. The van der Waals surface area contributed by atoms with E-state index in [2.05, 4.69) is 5.32 Å². The van der Waals surface area contributed by atoms with Crippen molar-refractivity contribution >= 4 is 38.9 Å². The van der Waals surface area contributed by atoms with Crippen molar-refractivity contribution in [1.82, 2.24) is 4.72 Å². The summed E-state index contributed by atoms with van der Waals surface area (Å²) in [6.07, 6.45) is 0. The molecule has 0 spiro atoms. The van der Waals surface area contributed by atoms with Crippen LogP contribution in [0.5, 0.6) is 5.75 Å². The van der Waals surface area contributed by atoms with Crippen molar-refractivity contribution in [3.05, 3.63) is 40.1 Å². The number of carbonyl (C=O) groups is 2. The van der Waals surface area contributed by atoms with Gasteiger partial charge >= 0.3 is 0 Å². The standard InChI is InChI=1S/C15H16N2O5S2/c1-9-6-7-23-14(9)15(19)17-24(20,21)11-4-5-13(22-3)12(8-11)16-10(2)18/h4-8H,1-3H3,(H,16,18)(H,17,19). The maximum atomic E-state index is 12.4. The fourth-order valence-corrected chi connectivity index (χ4v) is 3.84. The smallest absolute Gasteiger partial charge is 0.275 e. The predicted octanol–water partition coefficient (Wildman–Crippen LogP) is 2.14. The molecule has 0 radical (unpaired) electrons. The second-order valence-electron chi connectivity index (χ2n) is 4.91. The van der Waals surface area contributed by atoms with E-state index in [-0.39, 0.29) is 16.5 Å². The summed E-state index contributed by atoms with van der Waals surface area (Å²) in [4.78, 5) is 23.5. The van der Waals surface area contributed by atoms with Gasteiger partial charge in [0, 0.05) is 6.92 Å². The number of nitrogens with one attached hydrogen (secondary N) is 2. The van der Waals surface area contributed by atoms with Gasteiger partial charge < -0.3 is 10.1 Å². The van der Waals surface area contributed by atoms with Crippen molar-refractivity contribution in [3.63, 3.8) is 0 Å². The van der Waals surface area contributed by atoms with Gasteiger partial charge in [-0.3, -0.25) is 9.59 Å². The van der Waals surface area contributed by atoms with Gasteiger partial charge in [0.05, 0.1) is 22.6 Å². The van der Waals surface area contributed by atoms with Crippen LogP contribution in [-0.4, -0.2) is 27.3 Å². The summed E-state index contributed by atoms with van der Waals surface area (Å²) >= 11 is 1.16. The topological polar surface area (TPSA) is 102 Å². The number of anilines is 1. The molecule has 2 N–H and O–H groups in total. The molecule has 0 saturated heterocycles. The first-order valence-electron chi connectivity index (χ1n) is 6.81. The highest BCUT2D eigenvalue weighted by Crippen LogP contribution is 2.27. The van der Waals surface area contributed by atoms with Crippen LogP contribution >= 0.6 is 11.3 Å². The Kier molecular flexibility index (Phi) is 5.25. The molecule has 0 saturated carbocycles. The molecule has 7 nitrogen and oxygen atoms in total. The molecular weight excluding hydrogens is 352 g/mol. The molecule has 0 atom stereocenters. The Balaban J connectivity index is 2.33. The summed E-state index contributed by atoms with van der Waals surface area (Å²) in [6, 6.07) is 5.66. The number of thiophene rings is 1. The molecule has 2 amide bonds. The average Bonchev–Trinajstić information content (AvgIpc) is 2.92. The predicted molar refractivity (Wildman–Crippen MR) is 91.0 cm³/mol. The first-order valence-corrected chi connectivity index (χ1v) is 9.17. The Hall–Kier alpha value is -2.39. The zero-order valence-electron chi connectivity index (χ0n) is 13.2. The van der Waals surface area contributed by atoms with Crippen molar-refractivity contribution in [2.75, 3.05) is 12.4 Å². The third-order valence-electron chi connectivity index (χ3n) is 3.09. The molecular formula is C15H16N2O5S2. The Morgan fingerprint density at radius 2 is 1.92 bits per heavy atom. The van der Waals surface area contributed by atoms with Crippen molar-refractivity contribution in [2.45, 2.75) is 18.7 Å². The van der Waals surface area contributed by atoms with Gasteiger partial charge in [-0.1, -0.05) is 0 Å². The van der Waals surface area contributed by atoms with Crippen LogP contribution in [0.1, 0.15) is 22.2 Å². The second kappa shape index (κ2) is 7.02.